The van der Waals surface area contributed by atoms with Crippen molar-refractivity contribution in [2.24, 2.45) is 0 Å². The molecule has 1 aromatic heterocycles. The highest BCUT2D eigenvalue weighted by molar-refractivity contribution is 8.01. The van der Waals surface area contributed by atoms with Gasteiger partial charge in [-0.3, -0.25) is 4.79 Å². The van der Waals surface area contributed by atoms with Gasteiger partial charge in [0.15, 0.2) is 4.34 Å². The van der Waals surface area contributed by atoms with Crippen molar-refractivity contribution in [3.63, 3.8) is 0 Å². The molecule has 5 nitrogen and oxygen atoms in total. The summed E-state index contributed by atoms with van der Waals surface area (Å²) in [4.78, 5) is 11.9. The Labute approximate surface area is 156 Å². The third kappa shape index (κ3) is 5.24. The summed E-state index contributed by atoms with van der Waals surface area (Å²) >= 11 is 2.53. The molecule has 0 fully saturated rings. The summed E-state index contributed by atoms with van der Waals surface area (Å²) in [5.74, 6) is -0.983. The normalized spacial score (nSPS) is 10.5. The third-order valence-corrected chi connectivity index (χ3v) is 5.25. The van der Waals surface area contributed by atoms with Crippen molar-refractivity contribution in [1.82, 2.24) is 10.2 Å². The molecule has 2 N–H and O–H groups in total. The van der Waals surface area contributed by atoms with Crippen LogP contribution in [0.25, 0.3) is 0 Å². The number of rotatable bonds is 7. The van der Waals surface area contributed by atoms with Gasteiger partial charge in [-0.05, 0) is 29.8 Å². The molecule has 0 radical (unpaired) electrons. The average molecular weight is 392 g/mol. The number of para-hydroxylation sites is 1. The molecule has 0 unspecified atom stereocenters. The number of amides is 1. The van der Waals surface area contributed by atoms with Crippen LogP contribution in [0, 0.1) is 11.6 Å². The molecule has 0 aliphatic heterocycles. The molecule has 0 aliphatic rings. The van der Waals surface area contributed by atoms with Gasteiger partial charge < -0.3 is 10.6 Å². The summed E-state index contributed by atoms with van der Waals surface area (Å²) in [6.07, 6.45) is 0. The number of thioether (sulfide) groups is 1. The van der Waals surface area contributed by atoms with Gasteiger partial charge >= 0.3 is 0 Å². The monoisotopic (exact) mass is 392 g/mol. The minimum Gasteiger partial charge on any atom is -0.356 e. The summed E-state index contributed by atoms with van der Waals surface area (Å²) < 4.78 is 27.0. The van der Waals surface area contributed by atoms with Gasteiger partial charge in [-0.15, -0.1) is 10.2 Å². The molecule has 134 valence electrons. The Kier molecular flexibility index (Phi) is 6.13. The van der Waals surface area contributed by atoms with E-state index in [0.29, 0.717) is 16.0 Å². The molecule has 1 heterocycles. The highest BCUT2D eigenvalue weighted by Crippen LogP contribution is 2.26. The number of halogens is 2. The molecule has 0 saturated heterocycles. The van der Waals surface area contributed by atoms with E-state index in [2.05, 4.69) is 20.8 Å². The van der Waals surface area contributed by atoms with E-state index in [4.69, 9.17) is 0 Å². The highest BCUT2D eigenvalue weighted by atomic mass is 32.2. The van der Waals surface area contributed by atoms with E-state index in [9.17, 15) is 13.6 Å². The number of benzene rings is 2. The second kappa shape index (κ2) is 8.72. The van der Waals surface area contributed by atoms with Crippen LogP contribution < -0.4 is 10.6 Å². The van der Waals surface area contributed by atoms with Crippen LogP contribution in [0.15, 0.2) is 52.9 Å². The maximum Gasteiger partial charge on any atom is 0.234 e. The fraction of sp³-hybridized carbons (Fsp3) is 0.118. The molecule has 3 aromatic rings. The molecular formula is C17H14F2N4OS2. The minimum atomic E-state index is -0.478. The first-order chi connectivity index (χ1) is 12.6. The zero-order valence-corrected chi connectivity index (χ0v) is 15.0. The van der Waals surface area contributed by atoms with E-state index in [1.807, 2.05) is 0 Å². The minimum absolute atomic E-state index is 0.0981. The van der Waals surface area contributed by atoms with Crippen molar-refractivity contribution in [2.75, 3.05) is 16.4 Å². The highest BCUT2D eigenvalue weighted by Gasteiger charge is 2.10. The van der Waals surface area contributed by atoms with E-state index in [1.165, 1.54) is 47.4 Å². The van der Waals surface area contributed by atoms with Crippen LogP contribution in [0.3, 0.4) is 0 Å². The summed E-state index contributed by atoms with van der Waals surface area (Å²) in [5.41, 5.74) is 1.07. The molecular weight excluding hydrogens is 378 g/mol. The number of nitrogens with one attached hydrogen (secondary N) is 2. The van der Waals surface area contributed by atoms with Gasteiger partial charge in [0.1, 0.15) is 11.6 Å². The predicted octanol–water partition coefficient (Wildman–Crippen LogP) is 4.16. The van der Waals surface area contributed by atoms with Crippen LogP contribution in [-0.2, 0) is 11.3 Å². The summed E-state index contributed by atoms with van der Waals surface area (Å²) in [6.45, 7) is 0.493. The van der Waals surface area contributed by atoms with Crippen LogP contribution >= 0.6 is 23.1 Å². The summed E-state index contributed by atoms with van der Waals surface area (Å²) in [5, 5.41) is 14.2. The van der Waals surface area contributed by atoms with Crippen molar-refractivity contribution >= 4 is 39.8 Å². The number of carbonyl (C=O) groups is 1. The molecule has 0 bridgehead atoms. The molecule has 0 saturated carbocycles. The van der Waals surface area contributed by atoms with Crippen LogP contribution in [-0.4, -0.2) is 21.9 Å². The lowest BCUT2D eigenvalue weighted by Gasteiger charge is -2.04. The van der Waals surface area contributed by atoms with E-state index in [0.717, 1.165) is 5.56 Å². The Bertz CT molecular complexity index is 886. The summed E-state index contributed by atoms with van der Waals surface area (Å²) in [6, 6.07) is 12.2. The second-order valence-corrected chi connectivity index (χ2v) is 7.37. The second-order valence-electron chi connectivity index (χ2n) is 5.17. The van der Waals surface area contributed by atoms with Gasteiger partial charge in [0.25, 0.3) is 0 Å². The SMILES string of the molecule is O=C(CSc1nnc(NCc2ccc(F)cc2)s1)Nc1ccccc1F. The standard InChI is InChI=1S/C17H14F2N4OS2/c18-12-7-5-11(6-8-12)9-20-16-22-23-17(26-16)25-10-15(24)21-14-4-2-1-3-13(14)19/h1-8H,9-10H2,(H,20,22)(H,21,24). The van der Waals surface area contributed by atoms with Crippen molar-refractivity contribution < 1.29 is 13.6 Å². The molecule has 0 atom stereocenters. The molecule has 0 spiro atoms. The van der Waals surface area contributed by atoms with E-state index in [1.54, 1.807) is 24.3 Å². The zero-order valence-electron chi connectivity index (χ0n) is 13.4. The average Bonchev–Trinajstić information content (AvgIpc) is 3.09. The molecule has 3 rings (SSSR count). The predicted molar refractivity (Wildman–Crippen MR) is 99.4 cm³/mol. The lowest BCUT2D eigenvalue weighted by molar-refractivity contribution is -0.113. The van der Waals surface area contributed by atoms with Crippen LogP contribution in [0.2, 0.25) is 0 Å². The van der Waals surface area contributed by atoms with Gasteiger partial charge in [0.05, 0.1) is 11.4 Å². The van der Waals surface area contributed by atoms with Crippen molar-refractivity contribution in [1.29, 1.82) is 0 Å². The van der Waals surface area contributed by atoms with Gasteiger partial charge in [-0.2, -0.15) is 0 Å². The first-order valence-electron chi connectivity index (χ1n) is 7.59. The Hall–Kier alpha value is -2.52. The molecule has 1 amide bonds. The number of hydrogen-bond acceptors (Lipinski definition) is 6. The van der Waals surface area contributed by atoms with Crippen molar-refractivity contribution in [2.45, 2.75) is 10.9 Å². The Morgan fingerprint density at radius 1 is 1.08 bits per heavy atom. The van der Waals surface area contributed by atoms with Gasteiger partial charge in [-0.25, -0.2) is 8.78 Å². The first-order valence-corrected chi connectivity index (χ1v) is 9.39. The number of aromatic nitrogens is 2. The van der Waals surface area contributed by atoms with Crippen molar-refractivity contribution in [3.8, 4) is 0 Å². The Balaban J connectivity index is 1.46. The summed E-state index contributed by atoms with van der Waals surface area (Å²) in [7, 11) is 0. The van der Waals surface area contributed by atoms with Crippen LogP contribution in [0.1, 0.15) is 5.56 Å². The Morgan fingerprint density at radius 2 is 1.85 bits per heavy atom. The largest absolute Gasteiger partial charge is 0.356 e. The van der Waals surface area contributed by atoms with E-state index < -0.39 is 5.82 Å². The smallest absolute Gasteiger partial charge is 0.234 e. The number of hydrogen-bond donors (Lipinski definition) is 2. The van der Waals surface area contributed by atoms with E-state index >= 15 is 0 Å². The molecule has 9 heteroatoms. The number of carbonyl (C=O) groups excluding carboxylic acids is 1. The zero-order chi connectivity index (χ0) is 18.4. The van der Waals surface area contributed by atoms with Gasteiger partial charge in [0, 0.05) is 6.54 Å². The van der Waals surface area contributed by atoms with Gasteiger partial charge in [-0.1, -0.05) is 47.4 Å². The topological polar surface area (TPSA) is 66.9 Å². The lowest BCUT2D eigenvalue weighted by atomic mass is 10.2. The van der Waals surface area contributed by atoms with Crippen LogP contribution in [0.5, 0.6) is 0 Å². The number of nitrogens with zero attached hydrogens (tertiary/aromatic N) is 2. The fourth-order valence-electron chi connectivity index (χ4n) is 2.00. The van der Waals surface area contributed by atoms with Crippen LogP contribution in [0.4, 0.5) is 19.6 Å². The molecule has 2 aromatic carbocycles. The fourth-order valence-corrected chi connectivity index (χ4v) is 3.54. The van der Waals surface area contributed by atoms with E-state index in [-0.39, 0.29) is 23.2 Å². The van der Waals surface area contributed by atoms with Gasteiger partial charge in [0.2, 0.25) is 11.0 Å². The number of anilines is 2. The lowest BCUT2D eigenvalue weighted by Crippen LogP contribution is -2.14. The maximum atomic E-state index is 13.5. The third-order valence-electron chi connectivity index (χ3n) is 3.24. The van der Waals surface area contributed by atoms with Crippen molar-refractivity contribution in [3.05, 3.63) is 65.7 Å². The Morgan fingerprint density at radius 3 is 2.62 bits per heavy atom. The molecule has 26 heavy (non-hydrogen) atoms. The maximum absolute atomic E-state index is 13.5. The molecule has 0 aliphatic carbocycles. The quantitative estimate of drug-likeness (QED) is 0.591. The first kappa shape index (κ1) is 18.3.